The zero-order valence-electron chi connectivity index (χ0n) is 7.01. The lowest BCUT2D eigenvalue weighted by Gasteiger charge is -1.96. The molecular formula is C8H12S3. The van der Waals surface area contributed by atoms with E-state index < -0.39 is 0 Å². The third-order valence-electron chi connectivity index (χ3n) is 1.44. The normalized spacial score (nSPS) is 10.5. The number of hydrogen-bond donors (Lipinski definition) is 0. The summed E-state index contributed by atoms with van der Waals surface area (Å²) in [7, 11) is 0. The Kier molecular flexibility index (Phi) is 3.82. The summed E-state index contributed by atoms with van der Waals surface area (Å²) >= 11 is 5.65. The lowest BCUT2D eigenvalue weighted by molar-refractivity contribution is 1.30. The predicted octanol–water partition coefficient (Wildman–Crippen LogP) is 3.89. The van der Waals surface area contributed by atoms with Crippen LogP contribution < -0.4 is 0 Å². The molecule has 0 bridgehead atoms. The van der Waals surface area contributed by atoms with Gasteiger partial charge in [-0.15, -0.1) is 34.9 Å². The third-order valence-corrected chi connectivity index (χ3v) is 4.83. The van der Waals surface area contributed by atoms with Crippen LogP contribution in [-0.2, 0) is 0 Å². The van der Waals surface area contributed by atoms with E-state index in [1.165, 1.54) is 20.4 Å². The van der Waals surface area contributed by atoms with Crippen LogP contribution in [-0.4, -0.2) is 12.0 Å². The van der Waals surface area contributed by atoms with Crippen LogP contribution in [0.3, 0.4) is 0 Å². The van der Waals surface area contributed by atoms with Crippen molar-refractivity contribution < 1.29 is 0 Å². The first-order valence-corrected chi connectivity index (χ1v) is 6.63. The molecule has 1 aromatic heterocycles. The van der Waals surface area contributed by atoms with Gasteiger partial charge < -0.3 is 0 Å². The minimum Gasteiger partial charge on any atom is -0.136 e. The average molecular weight is 204 g/mol. The molecule has 0 spiro atoms. The Labute approximate surface area is 80.8 Å². The molecule has 0 N–H and O–H groups in total. The zero-order chi connectivity index (χ0) is 8.27. The third kappa shape index (κ3) is 2.17. The fraction of sp³-hybridized carbons (Fsp3) is 0.500. The smallest absolute Gasteiger partial charge is 0.0639 e. The van der Waals surface area contributed by atoms with Crippen molar-refractivity contribution in [1.82, 2.24) is 0 Å². The van der Waals surface area contributed by atoms with Gasteiger partial charge in [-0.25, -0.2) is 0 Å². The standard InChI is InChI=1S/C8H12S3/c1-4-10-8-6(2)7(9-3)5-11-8/h5H,4H2,1-3H3. The zero-order valence-corrected chi connectivity index (χ0v) is 9.46. The second-order valence-electron chi connectivity index (χ2n) is 2.15. The maximum absolute atomic E-state index is 2.25. The largest absolute Gasteiger partial charge is 0.136 e. The van der Waals surface area contributed by atoms with Gasteiger partial charge in [0.2, 0.25) is 0 Å². The number of thioether (sulfide) groups is 2. The molecule has 62 valence electrons. The molecule has 0 aliphatic rings. The highest BCUT2D eigenvalue weighted by atomic mass is 32.2. The summed E-state index contributed by atoms with van der Waals surface area (Å²) in [6, 6.07) is 0. The minimum atomic E-state index is 1.18. The van der Waals surface area contributed by atoms with Crippen molar-refractivity contribution in [3.8, 4) is 0 Å². The molecule has 3 heteroatoms. The second kappa shape index (κ2) is 4.43. The maximum atomic E-state index is 2.25. The average Bonchev–Trinajstić information content (AvgIpc) is 2.34. The summed E-state index contributed by atoms with van der Waals surface area (Å²) in [5.74, 6) is 1.18. The molecule has 0 fully saturated rings. The van der Waals surface area contributed by atoms with Crippen LogP contribution in [0.1, 0.15) is 12.5 Å². The van der Waals surface area contributed by atoms with E-state index in [9.17, 15) is 0 Å². The van der Waals surface area contributed by atoms with Gasteiger partial charge in [0, 0.05) is 10.3 Å². The number of hydrogen-bond acceptors (Lipinski definition) is 3. The molecule has 0 saturated carbocycles. The van der Waals surface area contributed by atoms with Crippen LogP contribution in [0.4, 0.5) is 0 Å². The molecule has 0 aliphatic heterocycles. The fourth-order valence-corrected chi connectivity index (χ4v) is 3.96. The van der Waals surface area contributed by atoms with Gasteiger partial charge in [-0.2, -0.15) is 0 Å². The minimum absolute atomic E-state index is 1.18. The van der Waals surface area contributed by atoms with Crippen LogP contribution in [0, 0.1) is 6.92 Å². The summed E-state index contributed by atoms with van der Waals surface area (Å²) in [5.41, 5.74) is 1.47. The maximum Gasteiger partial charge on any atom is 0.0639 e. The van der Waals surface area contributed by atoms with Crippen molar-refractivity contribution in [2.45, 2.75) is 23.0 Å². The molecule has 0 unspecified atom stereocenters. The van der Waals surface area contributed by atoms with Crippen molar-refractivity contribution >= 4 is 34.9 Å². The van der Waals surface area contributed by atoms with Gasteiger partial charge in [-0.05, 0) is 24.5 Å². The predicted molar refractivity (Wildman–Crippen MR) is 57.2 cm³/mol. The second-order valence-corrected chi connectivity index (χ2v) is 5.41. The van der Waals surface area contributed by atoms with Gasteiger partial charge in [0.25, 0.3) is 0 Å². The lowest BCUT2D eigenvalue weighted by atomic mass is 10.4. The highest BCUT2D eigenvalue weighted by molar-refractivity contribution is 8.01. The summed E-state index contributed by atoms with van der Waals surface area (Å²) < 4.78 is 1.48. The van der Waals surface area contributed by atoms with Crippen LogP contribution >= 0.6 is 34.9 Å². The summed E-state index contributed by atoms with van der Waals surface area (Å²) in [5, 5.41) is 2.25. The summed E-state index contributed by atoms with van der Waals surface area (Å²) in [4.78, 5) is 1.44. The van der Waals surface area contributed by atoms with E-state index in [0.29, 0.717) is 0 Å². The van der Waals surface area contributed by atoms with E-state index in [4.69, 9.17) is 0 Å². The molecule has 0 atom stereocenters. The first-order chi connectivity index (χ1) is 5.29. The molecule has 0 saturated heterocycles. The van der Waals surface area contributed by atoms with Crippen molar-refractivity contribution in [2.75, 3.05) is 12.0 Å². The molecule has 1 aromatic rings. The first-order valence-electron chi connectivity index (χ1n) is 3.54. The molecule has 0 nitrogen and oxygen atoms in total. The van der Waals surface area contributed by atoms with E-state index in [1.807, 2.05) is 34.9 Å². The van der Waals surface area contributed by atoms with Gasteiger partial charge in [0.15, 0.2) is 0 Å². The van der Waals surface area contributed by atoms with Crippen molar-refractivity contribution in [3.63, 3.8) is 0 Å². The van der Waals surface area contributed by atoms with Gasteiger partial charge in [0.1, 0.15) is 0 Å². The van der Waals surface area contributed by atoms with Crippen LogP contribution in [0.15, 0.2) is 14.5 Å². The quantitative estimate of drug-likeness (QED) is 0.685. The molecule has 0 amide bonds. The van der Waals surface area contributed by atoms with Gasteiger partial charge in [-0.3, -0.25) is 0 Å². The monoisotopic (exact) mass is 204 g/mol. The Hall–Kier alpha value is 0.400. The topological polar surface area (TPSA) is 0 Å². The van der Waals surface area contributed by atoms with E-state index in [1.54, 1.807) is 0 Å². The van der Waals surface area contributed by atoms with E-state index >= 15 is 0 Å². The van der Waals surface area contributed by atoms with E-state index in [-0.39, 0.29) is 0 Å². The molecular weight excluding hydrogens is 192 g/mol. The lowest BCUT2D eigenvalue weighted by Crippen LogP contribution is -1.72. The first kappa shape index (κ1) is 9.49. The van der Waals surface area contributed by atoms with Gasteiger partial charge >= 0.3 is 0 Å². The molecule has 0 aliphatic carbocycles. The fourth-order valence-electron chi connectivity index (χ4n) is 0.859. The Morgan fingerprint density at radius 3 is 2.73 bits per heavy atom. The molecule has 0 radical (unpaired) electrons. The highest BCUT2D eigenvalue weighted by Gasteiger charge is 2.05. The Morgan fingerprint density at radius 1 is 1.55 bits per heavy atom. The van der Waals surface area contributed by atoms with Gasteiger partial charge in [0.05, 0.1) is 4.21 Å². The number of rotatable bonds is 3. The van der Waals surface area contributed by atoms with Crippen molar-refractivity contribution in [3.05, 3.63) is 10.9 Å². The van der Waals surface area contributed by atoms with Crippen molar-refractivity contribution in [1.29, 1.82) is 0 Å². The molecule has 11 heavy (non-hydrogen) atoms. The molecule has 1 heterocycles. The van der Waals surface area contributed by atoms with Crippen molar-refractivity contribution in [2.24, 2.45) is 0 Å². The Morgan fingerprint density at radius 2 is 2.27 bits per heavy atom. The van der Waals surface area contributed by atoms with Crippen LogP contribution in [0.5, 0.6) is 0 Å². The summed E-state index contributed by atoms with van der Waals surface area (Å²) in [6.45, 7) is 4.41. The Bertz CT molecular complexity index is 227. The molecule has 0 aromatic carbocycles. The molecule has 1 rings (SSSR count). The van der Waals surface area contributed by atoms with E-state index in [0.717, 1.165) is 0 Å². The van der Waals surface area contributed by atoms with Crippen LogP contribution in [0.2, 0.25) is 0 Å². The summed E-state index contributed by atoms with van der Waals surface area (Å²) in [6.07, 6.45) is 2.13. The van der Waals surface area contributed by atoms with Gasteiger partial charge in [-0.1, -0.05) is 6.92 Å². The SMILES string of the molecule is CCSc1scc(SC)c1C. The van der Waals surface area contributed by atoms with E-state index in [2.05, 4.69) is 25.5 Å². The highest BCUT2D eigenvalue weighted by Crippen LogP contribution is 2.35. The Balaban J connectivity index is 2.82. The van der Waals surface area contributed by atoms with Crippen LogP contribution in [0.25, 0.3) is 0 Å². The number of thiophene rings is 1.